The summed E-state index contributed by atoms with van der Waals surface area (Å²) in [7, 11) is 0. The molecule has 6 heteroatoms. The summed E-state index contributed by atoms with van der Waals surface area (Å²) in [4.78, 5) is 24.6. The predicted octanol–water partition coefficient (Wildman–Crippen LogP) is 28.6. The highest BCUT2D eigenvalue weighted by atomic mass is 16.5. The Balaban J connectivity index is 3.37. The van der Waals surface area contributed by atoms with Gasteiger partial charge in [-0.2, -0.15) is 0 Å². The molecule has 0 saturated heterocycles. The first kappa shape index (κ1) is 91.1. The lowest BCUT2D eigenvalue weighted by Gasteiger charge is -2.20. The van der Waals surface area contributed by atoms with Crippen molar-refractivity contribution in [2.75, 3.05) is 13.2 Å². The molecule has 0 aromatic heterocycles. The zero-order chi connectivity index (χ0) is 67.0. The molecule has 2 unspecified atom stereocenters. The van der Waals surface area contributed by atoms with Crippen molar-refractivity contribution in [1.82, 2.24) is 5.32 Å². The molecule has 0 heterocycles. The molecule has 0 saturated carbocycles. The van der Waals surface area contributed by atoms with Crippen molar-refractivity contribution in [1.29, 1.82) is 0 Å². The molecule has 2 atom stereocenters. The number of carbonyl (C=O) groups is 2. The summed E-state index contributed by atoms with van der Waals surface area (Å²) in [5.41, 5.74) is 0. The Morgan fingerprint density at radius 1 is 0.301 bits per heavy atom. The van der Waals surface area contributed by atoms with E-state index in [0.29, 0.717) is 19.4 Å². The average Bonchev–Trinajstić information content (AvgIpc) is 3.65. The average molecular weight is 1310 g/mol. The van der Waals surface area contributed by atoms with E-state index >= 15 is 0 Å². The van der Waals surface area contributed by atoms with Crippen molar-refractivity contribution in [3.63, 3.8) is 0 Å². The van der Waals surface area contributed by atoms with E-state index in [0.717, 1.165) is 44.9 Å². The number of carbonyl (C=O) groups excluding carboxylic acids is 2. The zero-order valence-electron chi connectivity index (χ0n) is 63.3. The molecule has 93 heavy (non-hydrogen) atoms. The van der Waals surface area contributed by atoms with Crippen molar-refractivity contribution >= 4 is 11.9 Å². The second kappa shape index (κ2) is 82.5. The minimum absolute atomic E-state index is 0.0225. The number of amides is 1. The first-order valence-electron chi connectivity index (χ1n) is 42.8. The molecule has 0 fully saturated rings. The number of hydrogen-bond donors (Lipinski definition) is 3. The highest BCUT2D eigenvalue weighted by molar-refractivity contribution is 5.76. The van der Waals surface area contributed by atoms with Gasteiger partial charge in [0.05, 0.1) is 25.4 Å². The number of nitrogens with one attached hydrogen (secondary N) is 1. The van der Waals surface area contributed by atoms with E-state index in [1.165, 1.54) is 411 Å². The molecule has 6 nitrogen and oxygen atoms in total. The largest absolute Gasteiger partial charge is 0.466 e. The Morgan fingerprint density at radius 2 is 0.538 bits per heavy atom. The first-order chi connectivity index (χ1) is 46.0. The zero-order valence-corrected chi connectivity index (χ0v) is 63.3. The SMILES string of the molecule is CCCCCCCCCCCCCCCCCCCCCCCC/C=C/C(O)C(CO)NC(=O)CCCCCCCCCCCCCCCCCCC/C=C\C/C=C\CCCCCCCCCCCCCCCCCOC(=O)CCCCCCCCCCCCCCC. The van der Waals surface area contributed by atoms with Gasteiger partial charge in [-0.25, -0.2) is 0 Å². The van der Waals surface area contributed by atoms with Crippen molar-refractivity contribution in [2.45, 2.75) is 495 Å². The fourth-order valence-corrected chi connectivity index (χ4v) is 13.7. The Kier molecular flexibility index (Phi) is 80.8. The van der Waals surface area contributed by atoms with Gasteiger partial charge >= 0.3 is 5.97 Å². The van der Waals surface area contributed by atoms with Crippen molar-refractivity contribution in [3.8, 4) is 0 Å². The van der Waals surface area contributed by atoms with Crippen LogP contribution < -0.4 is 5.32 Å². The van der Waals surface area contributed by atoms with Crippen LogP contribution in [-0.2, 0) is 14.3 Å². The standard InChI is InChI=1S/C87H167NO5/c1-3-5-7-9-11-13-15-17-18-19-20-21-22-40-43-46-49-52-56-59-63-67-71-75-79-85(90)84(83-89)88-86(91)80-76-72-68-64-60-57-53-50-47-44-41-38-36-34-32-30-28-26-24-23-25-27-29-31-33-35-37-39-42-45-48-51-54-58-62-66-70-74-78-82-93-87(92)81-77-73-69-65-61-55-16-14-12-10-8-6-4-2/h23-24,27,29,75,79,84-85,89-90H,3-22,25-26,28,30-74,76-78,80-83H2,1-2H3,(H,88,91)/b24-23-,29-27-,79-75+. The lowest BCUT2D eigenvalue weighted by molar-refractivity contribution is -0.143. The third-order valence-corrected chi connectivity index (χ3v) is 20.2. The highest BCUT2D eigenvalue weighted by Gasteiger charge is 2.18. The molecule has 1 amide bonds. The van der Waals surface area contributed by atoms with E-state index in [-0.39, 0.29) is 18.5 Å². The maximum absolute atomic E-state index is 12.6. The van der Waals surface area contributed by atoms with Crippen LogP contribution in [0.25, 0.3) is 0 Å². The number of esters is 1. The lowest BCUT2D eigenvalue weighted by atomic mass is 10.0. The number of aliphatic hydroxyl groups is 2. The normalized spacial score (nSPS) is 12.6. The van der Waals surface area contributed by atoms with Crippen LogP contribution >= 0.6 is 0 Å². The highest BCUT2D eigenvalue weighted by Crippen LogP contribution is 2.20. The van der Waals surface area contributed by atoms with E-state index in [2.05, 4.69) is 43.5 Å². The molecule has 0 aromatic carbocycles. The van der Waals surface area contributed by atoms with Crippen LogP contribution in [0.4, 0.5) is 0 Å². The van der Waals surface area contributed by atoms with Crippen molar-refractivity contribution < 1.29 is 24.5 Å². The van der Waals surface area contributed by atoms with Gasteiger partial charge in [0.2, 0.25) is 5.91 Å². The maximum atomic E-state index is 12.6. The maximum Gasteiger partial charge on any atom is 0.305 e. The molecule has 0 radical (unpaired) electrons. The molecule has 0 aromatic rings. The van der Waals surface area contributed by atoms with Gasteiger partial charge < -0.3 is 20.3 Å². The van der Waals surface area contributed by atoms with E-state index in [4.69, 9.17) is 4.74 Å². The minimum atomic E-state index is -0.844. The fraction of sp³-hybridized carbons (Fsp3) is 0.908. The monoisotopic (exact) mass is 1310 g/mol. The molecule has 0 aliphatic heterocycles. The Morgan fingerprint density at radius 3 is 0.817 bits per heavy atom. The molecule has 0 aliphatic carbocycles. The van der Waals surface area contributed by atoms with Gasteiger partial charge in [0, 0.05) is 12.8 Å². The summed E-state index contributed by atoms with van der Waals surface area (Å²) >= 11 is 0. The number of ether oxygens (including phenoxy) is 1. The van der Waals surface area contributed by atoms with Crippen LogP contribution in [0.2, 0.25) is 0 Å². The van der Waals surface area contributed by atoms with Crippen molar-refractivity contribution in [3.05, 3.63) is 36.5 Å². The quantitative estimate of drug-likeness (QED) is 0.0320. The van der Waals surface area contributed by atoms with Crippen LogP contribution in [0.5, 0.6) is 0 Å². The molecule has 0 rings (SSSR count). The predicted molar refractivity (Wildman–Crippen MR) is 412 cm³/mol. The second-order valence-electron chi connectivity index (χ2n) is 29.5. The summed E-state index contributed by atoms with van der Waals surface area (Å²) < 4.78 is 5.50. The van der Waals surface area contributed by atoms with E-state index in [1.807, 2.05) is 6.08 Å². The number of hydrogen-bond acceptors (Lipinski definition) is 5. The van der Waals surface area contributed by atoms with Crippen LogP contribution in [-0.4, -0.2) is 47.4 Å². The van der Waals surface area contributed by atoms with Crippen LogP contribution in [0.15, 0.2) is 36.5 Å². The van der Waals surface area contributed by atoms with E-state index in [9.17, 15) is 19.8 Å². The molecule has 3 N–H and O–H groups in total. The van der Waals surface area contributed by atoms with Gasteiger partial charge in [0.25, 0.3) is 0 Å². The fourth-order valence-electron chi connectivity index (χ4n) is 13.7. The van der Waals surface area contributed by atoms with Crippen LogP contribution in [0.3, 0.4) is 0 Å². The summed E-state index contributed by atoms with van der Waals surface area (Å²) in [6, 6.07) is -0.627. The summed E-state index contributed by atoms with van der Waals surface area (Å²) in [5, 5.41) is 23.3. The summed E-state index contributed by atoms with van der Waals surface area (Å²) in [6.07, 6.45) is 109. The lowest BCUT2D eigenvalue weighted by Crippen LogP contribution is -2.45. The topological polar surface area (TPSA) is 95.9 Å². The van der Waals surface area contributed by atoms with Crippen LogP contribution in [0, 0.1) is 0 Å². The molecule has 0 aliphatic rings. The Labute approximate surface area is 583 Å². The Bertz CT molecular complexity index is 1510. The van der Waals surface area contributed by atoms with Gasteiger partial charge in [-0.1, -0.05) is 442 Å². The summed E-state index contributed by atoms with van der Waals surface area (Å²) in [5.74, 6) is -0.0370. The second-order valence-corrected chi connectivity index (χ2v) is 29.5. The molecule has 0 bridgehead atoms. The van der Waals surface area contributed by atoms with Gasteiger partial charge in [-0.3, -0.25) is 9.59 Å². The van der Waals surface area contributed by atoms with Gasteiger partial charge in [0.1, 0.15) is 0 Å². The molecule has 0 spiro atoms. The van der Waals surface area contributed by atoms with E-state index < -0.39 is 12.1 Å². The minimum Gasteiger partial charge on any atom is -0.466 e. The smallest absolute Gasteiger partial charge is 0.305 e. The molecular weight excluding hydrogens is 1140 g/mol. The summed E-state index contributed by atoms with van der Waals surface area (Å²) in [6.45, 7) is 4.96. The third kappa shape index (κ3) is 79.0. The third-order valence-electron chi connectivity index (χ3n) is 20.2. The number of aliphatic hydroxyl groups excluding tert-OH is 2. The molecular formula is C87H167NO5. The number of unbranched alkanes of at least 4 members (excludes halogenated alkanes) is 66. The van der Waals surface area contributed by atoms with Crippen LogP contribution in [0.1, 0.15) is 483 Å². The first-order valence-corrected chi connectivity index (χ1v) is 42.8. The Hall–Kier alpha value is -1.92. The number of rotatable bonds is 81. The van der Waals surface area contributed by atoms with Gasteiger partial charge in [-0.15, -0.1) is 0 Å². The number of allylic oxidation sites excluding steroid dienone is 5. The molecule has 550 valence electrons. The van der Waals surface area contributed by atoms with Crippen molar-refractivity contribution in [2.24, 2.45) is 0 Å². The van der Waals surface area contributed by atoms with Gasteiger partial charge in [0.15, 0.2) is 0 Å². The van der Waals surface area contributed by atoms with E-state index in [1.54, 1.807) is 6.08 Å². The van der Waals surface area contributed by atoms with Gasteiger partial charge in [-0.05, 0) is 64.2 Å².